The van der Waals surface area contributed by atoms with Crippen LogP contribution in [0.2, 0.25) is 0 Å². The van der Waals surface area contributed by atoms with Crippen LogP contribution in [0.25, 0.3) is 0 Å². The van der Waals surface area contributed by atoms with E-state index >= 15 is 0 Å². The predicted octanol–water partition coefficient (Wildman–Crippen LogP) is 0.424. The topological polar surface area (TPSA) is 122 Å². The Morgan fingerprint density at radius 1 is 1.35 bits per heavy atom. The second-order valence-corrected chi connectivity index (χ2v) is 3.92. The second kappa shape index (κ2) is 6.62. The molecule has 2 N–H and O–H groups in total. The van der Waals surface area contributed by atoms with Crippen LogP contribution >= 0.6 is 0 Å². The molecule has 1 rings (SSSR count). The molecular formula is C12H14N2O6. The number of nitro groups is 1. The van der Waals surface area contributed by atoms with Crippen LogP contribution in [-0.2, 0) is 20.7 Å². The first-order valence-electron chi connectivity index (χ1n) is 5.59. The fourth-order valence-electron chi connectivity index (χ4n) is 1.63. The molecular weight excluding hydrogens is 268 g/mol. The van der Waals surface area contributed by atoms with Crippen LogP contribution in [0, 0.1) is 10.1 Å². The summed E-state index contributed by atoms with van der Waals surface area (Å²) in [6.07, 6.45) is 0.00903. The molecule has 0 saturated carbocycles. The summed E-state index contributed by atoms with van der Waals surface area (Å²) >= 11 is 0. The first-order valence-corrected chi connectivity index (χ1v) is 5.59. The Labute approximate surface area is 114 Å². The summed E-state index contributed by atoms with van der Waals surface area (Å²) in [4.78, 5) is 33.0. The Morgan fingerprint density at radius 3 is 2.50 bits per heavy atom. The lowest BCUT2D eigenvalue weighted by atomic mass is 10.00. The van der Waals surface area contributed by atoms with E-state index in [1.165, 1.54) is 19.2 Å². The van der Waals surface area contributed by atoms with Gasteiger partial charge >= 0.3 is 11.9 Å². The van der Waals surface area contributed by atoms with E-state index < -0.39 is 22.9 Å². The van der Waals surface area contributed by atoms with E-state index in [-0.39, 0.29) is 17.7 Å². The Balaban J connectivity index is 3.15. The van der Waals surface area contributed by atoms with Crippen molar-refractivity contribution in [2.45, 2.75) is 12.5 Å². The maximum Gasteiger partial charge on any atom is 0.338 e. The number of carbonyl (C=O) groups excluding carboxylic acids is 2. The van der Waals surface area contributed by atoms with Crippen molar-refractivity contribution < 1.29 is 24.0 Å². The molecule has 0 heterocycles. The molecule has 0 aliphatic heterocycles. The third-order valence-corrected chi connectivity index (χ3v) is 2.65. The molecule has 0 saturated heterocycles. The molecule has 0 radical (unpaired) electrons. The van der Waals surface area contributed by atoms with E-state index in [9.17, 15) is 19.7 Å². The number of nitro benzene ring substituents is 1. The maximum atomic E-state index is 11.6. The van der Waals surface area contributed by atoms with Crippen molar-refractivity contribution >= 4 is 17.6 Å². The molecule has 108 valence electrons. The number of hydrogen-bond donors (Lipinski definition) is 1. The molecule has 0 aromatic heterocycles. The summed E-state index contributed by atoms with van der Waals surface area (Å²) < 4.78 is 9.05. The fourth-order valence-corrected chi connectivity index (χ4v) is 1.63. The summed E-state index contributed by atoms with van der Waals surface area (Å²) in [5, 5.41) is 10.7. The third-order valence-electron chi connectivity index (χ3n) is 2.65. The monoisotopic (exact) mass is 282 g/mol. The van der Waals surface area contributed by atoms with E-state index in [2.05, 4.69) is 9.47 Å². The molecule has 0 aliphatic carbocycles. The van der Waals surface area contributed by atoms with Crippen molar-refractivity contribution in [3.05, 3.63) is 39.4 Å². The molecule has 0 unspecified atom stereocenters. The first-order chi connectivity index (χ1) is 9.40. The van der Waals surface area contributed by atoms with Crippen molar-refractivity contribution in [1.82, 2.24) is 0 Å². The van der Waals surface area contributed by atoms with Gasteiger partial charge in [-0.25, -0.2) is 4.79 Å². The van der Waals surface area contributed by atoms with E-state index in [4.69, 9.17) is 5.73 Å². The molecule has 8 heteroatoms. The summed E-state index contributed by atoms with van der Waals surface area (Å²) in [5.74, 6) is -1.38. The third kappa shape index (κ3) is 3.51. The van der Waals surface area contributed by atoms with Gasteiger partial charge in [0.1, 0.15) is 6.04 Å². The normalized spacial score (nSPS) is 11.6. The number of benzene rings is 1. The van der Waals surface area contributed by atoms with Gasteiger partial charge in [-0.3, -0.25) is 14.9 Å². The number of carbonyl (C=O) groups is 2. The Kier molecular flexibility index (Phi) is 5.15. The van der Waals surface area contributed by atoms with Crippen molar-refractivity contribution in [2.75, 3.05) is 14.2 Å². The molecule has 1 aromatic rings. The van der Waals surface area contributed by atoms with Gasteiger partial charge in [0.2, 0.25) is 0 Å². The number of esters is 2. The van der Waals surface area contributed by atoms with Crippen LogP contribution < -0.4 is 5.73 Å². The van der Waals surface area contributed by atoms with Gasteiger partial charge in [0.15, 0.2) is 0 Å². The van der Waals surface area contributed by atoms with Crippen molar-refractivity contribution in [3.8, 4) is 0 Å². The van der Waals surface area contributed by atoms with Crippen LogP contribution in [0.3, 0.4) is 0 Å². The number of rotatable bonds is 5. The molecule has 0 spiro atoms. The predicted molar refractivity (Wildman–Crippen MR) is 68.1 cm³/mol. The molecule has 1 aromatic carbocycles. The highest BCUT2D eigenvalue weighted by Crippen LogP contribution is 2.20. The summed E-state index contributed by atoms with van der Waals surface area (Å²) in [6.45, 7) is 0. The quantitative estimate of drug-likeness (QED) is 0.472. The molecule has 0 amide bonds. The highest BCUT2D eigenvalue weighted by molar-refractivity contribution is 5.92. The largest absolute Gasteiger partial charge is 0.468 e. The van der Waals surface area contributed by atoms with E-state index in [1.807, 2.05) is 0 Å². The summed E-state index contributed by atoms with van der Waals surface area (Å²) in [5.41, 5.74) is 5.73. The summed E-state index contributed by atoms with van der Waals surface area (Å²) in [7, 11) is 2.35. The van der Waals surface area contributed by atoms with E-state index in [1.54, 1.807) is 0 Å². The first kappa shape index (κ1) is 15.6. The average molecular weight is 282 g/mol. The standard InChI is InChI=1S/C12H14N2O6/c1-19-11(15)9-6-8(14(17)18)4-3-7(9)5-10(13)12(16)20-2/h3-4,6,10H,5,13H2,1-2H3/t10-/m1/s1. The zero-order chi connectivity index (χ0) is 15.3. The smallest absolute Gasteiger partial charge is 0.338 e. The lowest BCUT2D eigenvalue weighted by molar-refractivity contribution is -0.384. The van der Waals surface area contributed by atoms with Gasteiger partial charge in [0.05, 0.1) is 24.7 Å². The highest BCUT2D eigenvalue weighted by Gasteiger charge is 2.21. The van der Waals surface area contributed by atoms with E-state index in [0.29, 0.717) is 5.56 Å². The Bertz CT molecular complexity index is 543. The van der Waals surface area contributed by atoms with Gasteiger partial charge in [0, 0.05) is 12.1 Å². The zero-order valence-corrected chi connectivity index (χ0v) is 11.0. The minimum atomic E-state index is -0.968. The zero-order valence-electron chi connectivity index (χ0n) is 11.0. The van der Waals surface area contributed by atoms with Gasteiger partial charge < -0.3 is 15.2 Å². The number of hydrogen-bond acceptors (Lipinski definition) is 7. The van der Waals surface area contributed by atoms with Crippen molar-refractivity contribution in [1.29, 1.82) is 0 Å². The lowest BCUT2D eigenvalue weighted by Gasteiger charge is -2.12. The summed E-state index contributed by atoms with van der Waals surface area (Å²) in [6, 6.07) is 2.72. The van der Waals surface area contributed by atoms with Crippen LogP contribution in [0.1, 0.15) is 15.9 Å². The maximum absolute atomic E-state index is 11.6. The molecule has 0 aliphatic rings. The van der Waals surface area contributed by atoms with Crippen LogP contribution in [0.15, 0.2) is 18.2 Å². The second-order valence-electron chi connectivity index (χ2n) is 3.92. The van der Waals surface area contributed by atoms with Gasteiger partial charge in [0.25, 0.3) is 5.69 Å². The highest BCUT2D eigenvalue weighted by atomic mass is 16.6. The van der Waals surface area contributed by atoms with Crippen molar-refractivity contribution in [3.63, 3.8) is 0 Å². The average Bonchev–Trinajstić information content (AvgIpc) is 2.45. The minimum absolute atomic E-state index is 0.000975. The van der Waals surface area contributed by atoms with Gasteiger partial charge in [-0.1, -0.05) is 6.07 Å². The van der Waals surface area contributed by atoms with Gasteiger partial charge in [-0.15, -0.1) is 0 Å². The number of ether oxygens (including phenoxy) is 2. The lowest BCUT2D eigenvalue weighted by Crippen LogP contribution is -2.34. The molecule has 20 heavy (non-hydrogen) atoms. The number of nitrogens with zero attached hydrogens (tertiary/aromatic N) is 1. The molecule has 0 bridgehead atoms. The SMILES string of the molecule is COC(=O)c1cc([N+](=O)[O-])ccc1C[C@@H](N)C(=O)OC. The van der Waals surface area contributed by atoms with Crippen LogP contribution in [0.4, 0.5) is 5.69 Å². The Morgan fingerprint density at radius 2 is 2.00 bits per heavy atom. The number of nitrogens with two attached hydrogens (primary N) is 1. The Hall–Kier alpha value is -2.48. The number of methoxy groups -OCH3 is 2. The molecule has 1 atom stereocenters. The van der Waals surface area contributed by atoms with E-state index in [0.717, 1.165) is 13.2 Å². The number of non-ortho nitro benzene ring substituents is 1. The van der Waals surface area contributed by atoms with Gasteiger partial charge in [-0.2, -0.15) is 0 Å². The molecule has 0 fully saturated rings. The van der Waals surface area contributed by atoms with Crippen molar-refractivity contribution in [2.24, 2.45) is 5.73 Å². The fraction of sp³-hybridized carbons (Fsp3) is 0.333. The van der Waals surface area contributed by atoms with Crippen LogP contribution in [0.5, 0.6) is 0 Å². The molecule has 8 nitrogen and oxygen atoms in total. The minimum Gasteiger partial charge on any atom is -0.468 e. The van der Waals surface area contributed by atoms with Gasteiger partial charge in [-0.05, 0) is 12.0 Å². The van der Waals surface area contributed by atoms with Crippen LogP contribution in [-0.4, -0.2) is 37.1 Å².